The number of nitrogens with zero attached hydrogens (tertiary/aromatic N) is 1. The molecule has 3 rings (SSSR count). The van der Waals surface area contributed by atoms with E-state index in [4.69, 9.17) is 14.2 Å². The third-order valence-electron chi connectivity index (χ3n) is 10.0. The Kier molecular flexibility index (Phi) is 18.7. The Bertz CT molecular complexity index is 877. The lowest BCUT2D eigenvalue weighted by atomic mass is 10.00. The molecule has 3 N–H and O–H groups in total. The minimum Gasteiger partial charge on any atom is -0.455 e. The van der Waals surface area contributed by atoms with E-state index >= 15 is 0 Å². The Morgan fingerprint density at radius 1 is 0.756 bits per heavy atom. The first-order valence-electron chi connectivity index (χ1n) is 18.7. The van der Waals surface area contributed by atoms with Gasteiger partial charge in [-0.1, -0.05) is 108 Å². The maximum atomic E-state index is 11.8. The smallest absolute Gasteiger partial charge is 0.334 e. The SMILES string of the molecule is CCCCCCCCCC[C@H](O)[C@@H]1CC[C@H]([C@@H]2CC[C@H]([C@@H](O)CCCCCCCCCC/C(CC3=C[C@@H](C)OC3=O)=N\O)O2)O1. The van der Waals surface area contributed by atoms with Crippen LogP contribution < -0.4 is 0 Å². The Morgan fingerprint density at radius 2 is 1.22 bits per heavy atom. The lowest BCUT2D eigenvalue weighted by molar-refractivity contribution is -0.139. The predicted molar refractivity (Wildman–Crippen MR) is 179 cm³/mol. The van der Waals surface area contributed by atoms with Crippen LogP contribution in [-0.4, -0.2) is 69.8 Å². The Labute approximate surface area is 273 Å². The molecule has 0 aliphatic carbocycles. The first-order chi connectivity index (χ1) is 21.9. The average Bonchev–Trinajstić information content (AvgIpc) is 3.79. The second kappa shape index (κ2) is 22.2. The third-order valence-corrected chi connectivity index (χ3v) is 10.0. The molecular formula is C37H65NO7. The zero-order chi connectivity index (χ0) is 32.3. The number of hydrogen-bond acceptors (Lipinski definition) is 8. The summed E-state index contributed by atoms with van der Waals surface area (Å²) in [5.41, 5.74) is 1.24. The summed E-state index contributed by atoms with van der Waals surface area (Å²) in [6.07, 6.45) is 26.2. The lowest BCUT2D eigenvalue weighted by Gasteiger charge is -2.24. The van der Waals surface area contributed by atoms with Gasteiger partial charge >= 0.3 is 5.97 Å². The van der Waals surface area contributed by atoms with Crippen LogP contribution in [0.3, 0.4) is 0 Å². The average molecular weight is 636 g/mol. The minimum absolute atomic E-state index is 0.0460. The Balaban J connectivity index is 1.14. The number of aliphatic hydroxyl groups excluding tert-OH is 2. The first-order valence-corrected chi connectivity index (χ1v) is 18.7. The number of carbonyl (C=O) groups is 1. The van der Waals surface area contributed by atoms with E-state index < -0.39 is 6.10 Å². The van der Waals surface area contributed by atoms with Gasteiger partial charge in [0.15, 0.2) is 0 Å². The van der Waals surface area contributed by atoms with E-state index in [0.717, 1.165) is 77.0 Å². The van der Waals surface area contributed by atoms with E-state index in [1.807, 2.05) is 6.92 Å². The van der Waals surface area contributed by atoms with Gasteiger partial charge in [-0.2, -0.15) is 0 Å². The fourth-order valence-corrected chi connectivity index (χ4v) is 7.25. The largest absolute Gasteiger partial charge is 0.455 e. The van der Waals surface area contributed by atoms with Crippen molar-refractivity contribution < 1.29 is 34.4 Å². The molecule has 3 heterocycles. The van der Waals surface area contributed by atoms with Crippen LogP contribution in [0.15, 0.2) is 16.8 Å². The monoisotopic (exact) mass is 635 g/mol. The van der Waals surface area contributed by atoms with Crippen LogP contribution >= 0.6 is 0 Å². The molecule has 260 valence electrons. The molecule has 45 heavy (non-hydrogen) atoms. The van der Waals surface area contributed by atoms with E-state index in [-0.39, 0.29) is 42.6 Å². The number of aliphatic hydroxyl groups is 2. The zero-order valence-electron chi connectivity index (χ0n) is 28.5. The molecule has 8 heteroatoms. The lowest BCUT2D eigenvalue weighted by Crippen LogP contribution is -2.33. The molecule has 3 aliphatic heterocycles. The molecule has 3 aliphatic rings. The Morgan fingerprint density at radius 3 is 1.67 bits per heavy atom. The van der Waals surface area contributed by atoms with Gasteiger partial charge in [0.05, 0.1) is 42.3 Å². The van der Waals surface area contributed by atoms with Gasteiger partial charge in [-0.25, -0.2) is 4.79 Å². The highest BCUT2D eigenvalue weighted by Gasteiger charge is 2.40. The van der Waals surface area contributed by atoms with E-state index in [1.165, 1.54) is 64.2 Å². The van der Waals surface area contributed by atoms with Gasteiger partial charge in [0.2, 0.25) is 0 Å². The highest BCUT2D eigenvalue weighted by atomic mass is 16.6. The summed E-state index contributed by atoms with van der Waals surface area (Å²) in [5.74, 6) is -0.302. The first kappa shape index (κ1) is 38.0. The van der Waals surface area contributed by atoms with Crippen molar-refractivity contribution in [3.05, 3.63) is 11.6 Å². The third kappa shape index (κ3) is 14.4. The maximum Gasteiger partial charge on any atom is 0.334 e. The van der Waals surface area contributed by atoms with Crippen molar-refractivity contribution in [1.29, 1.82) is 0 Å². The van der Waals surface area contributed by atoms with Crippen molar-refractivity contribution in [3.63, 3.8) is 0 Å². The summed E-state index contributed by atoms with van der Waals surface area (Å²) >= 11 is 0. The Hall–Kier alpha value is -1.48. The predicted octanol–water partition coefficient (Wildman–Crippen LogP) is 8.33. The summed E-state index contributed by atoms with van der Waals surface area (Å²) in [6.45, 7) is 4.08. The quantitative estimate of drug-likeness (QED) is 0.0303. The van der Waals surface area contributed by atoms with Gasteiger partial charge in [0.25, 0.3) is 0 Å². The summed E-state index contributed by atoms with van der Waals surface area (Å²) in [4.78, 5) is 11.8. The van der Waals surface area contributed by atoms with Crippen LogP contribution in [0.25, 0.3) is 0 Å². The molecule has 7 atom stereocenters. The van der Waals surface area contributed by atoms with Crippen LogP contribution in [-0.2, 0) is 19.0 Å². The number of oxime groups is 1. The van der Waals surface area contributed by atoms with Gasteiger partial charge in [-0.05, 0) is 64.4 Å². The van der Waals surface area contributed by atoms with Crippen molar-refractivity contribution in [2.75, 3.05) is 0 Å². The van der Waals surface area contributed by atoms with Crippen LogP contribution in [0.5, 0.6) is 0 Å². The van der Waals surface area contributed by atoms with Crippen molar-refractivity contribution in [3.8, 4) is 0 Å². The summed E-state index contributed by atoms with van der Waals surface area (Å²) < 4.78 is 17.7. The van der Waals surface area contributed by atoms with Crippen molar-refractivity contribution >= 4 is 11.7 Å². The van der Waals surface area contributed by atoms with Crippen LogP contribution in [0.4, 0.5) is 0 Å². The molecular weight excluding hydrogens is 570 g/mol. The molecule has 0 aromatic carbocycles. The van der Waals surface area contributed by atoms with Gasteiger partial charge in [-0.3, -0.25) is 0 Å². The number of esters is 1. The molecule has 2 saturated heterocycles. The molecule has 0 saturated carbocycles. The number of carbonyl (C=O) groups excluding carboxylic acids is 1. The fourth-order valence-electron chi connectivity index (χ4n) is 7.25. The molecule has 0 unspecified atom stereocenters. The molecule has 0 spiro atoms. The van der Waals surface area contributed by atoms with E-state index in [2.05, 4.69) is 12.1 Å². The standard InChI is InChI=1S/C37H65NO7/c1-3-4-5-6-7-11-14-17-20-31(39)33-22-24-35(44-33)36-25-23-34(45-36)32(40)21-18-15-12-9-8-10-13-16-19-30(38-42)27-29-26-28(2)43-37(29)41/h26,28,31-36,39-40,42H,3-25,27H2,1-2H3/b38-30+/t28-,31+,32+,33+,34-,35-,36+/m1/s1. The van der Waals surface area contributed by atoms with Gasteiger partial charge < -0.3 is 29.6 Å². The summed E-state index contributed by atoms with van der Waals surface area (Å²) in [7, 11) is 0. The number of ether oxygens (including phenoxy) is 3. The van der Waals surface area contributed by atoms with Crippen molar-refractivity contribution in [2.24, 2.45) is 5.16 Å². The number of hydrogen-bond donors (Lipinski definition) is 3. The summed E-state index contributed by atoms with van der Waals surface area (Å²) in [6, 6.07) is 0. The minimum atomic E-state index is -0.410. The molecule has 8 nitrogen and oxygen atoms in total. The maximum absolute atomic E-state index is 11.8. The highest BCUT2D eigenvalue weighted by molar-refractivity contribution is 5.99. The number of cyclic esters (lactones) is 1. The van der Waals surface area contributed by atoms with Gasteiger partial charge in [0.1, 0.15) is 6.10 Å². The number of rotatable bonds is 25. The molecule has 2 fully saturated rings. The molecule has 0 bridgehead atoms. The van der Waals surface area contributed by atoms with Crippen molar-refractivity contribution in [2.45, 2.75) is 211 Å². The van der Waals surface area contributed by atoms with E-state index in [9.17, 15) is 20.2 Å². The number of unbranched alkanes of at least 4 members (excludes halogenated alkanes) is 14. The molecule has 0 radical (unpaired) electrons. The normalized spacial score (nSPS) is 26.8. The van der Waals surface area contributed by atoms with Crippen LogP contribution in [0, 0.1) is 0 Å². The van der Waals surface area contributed by atoms with Crippen molar-refractivity contribution in [1.82, 2.24) is 0 Å². The topological polar surface area (TPSA) is 118 Å². The van der Waals surface area contributed by atoms with E-state index in [0.29, 0.717) is 24.1 Å². The van der Waals surface area contributed by atoms with E-state index in [1.54, 1.807) is 6.08 Å². The van der Waals surface area contributed by atoms with Crippen LogP contribution in [0.2, 0.25) is 0 Å². The fraction of sp³-hybridized carbons (Fsp3) is 0.892. The molecule has 0 aromatic rings. The molecule has 0 aromatic heterocycles. The zero-order valence-corrected chi connectivity index (χ0v) is 28.5. The second-order valence-corrected chi connectivity index (χ2v) is 14.0. The van der Waals surface area contributed by atoms with Gasteiger partial charge in [0, 0.05) is 12.0 Å². The summed E-state index contributed by atoms with van der Waals surface area (Å²) in [5, 5.41) is 34.1. The van der Waals surface area contributed by atoms with Crippen LogP contribution in [0.1, 0.15) is 168 Å². The van der Waals surface area contributed by atoms with Gasteiger partial charge in [-0.15, -0.1) is 0 Å². The highest BCUT2D eigenvalue weighted by Crippen LogP contribution is 2.34. The second-order valence-electron chi connectivity index (χ2n) is 14.0. The molecule has 0 amide bonds.